The first-order chi connectivity index (χ1) is 12.1. The van der Waals surface area contributed by atoms with Gasteiger partial charge in [0, 0.05) is 70.0 Å². The zero-order valence-corrected chi connectivity index (χ0v) is 14.7. The molecule has 2 aromatic heterocycles. The second kappa shape index (κ2) is 8.02. The van der Waals surface area contributed by atoms with Gasteiger partial charge in [-0.3, -0.25) is 9.78 Å². The number of amides is 1. The standard InChI is InChI=1S/C18H24N6O/c1-23(2)17-10-16(21-13-22-17)9-14-11-20-7-8-24(12-14)18(25)15-3-5-19-6-4-15/h3-6,10,13-14,20H,7-9,11-12H2,1-2H3/t14-/m0/s1. The summed E-state index contributed by atoms with van der Waals surface area (Å²) < 4.78 is 0. The van der Waals surface area contributed by atoms with E-state index in [1.165, 1.54) is 0 Å². The summed E-state index contributed by atoms with van der Waals surface area (Å²) in [6.07, 6.45) is 5.74. The van der Waals surface area contributed by atoms with E-state index in [9.17, 15) is 4.79 Å². The molecule has 1 amide bonds. The van der Waals surface area contributed by atoms with Gasteiger partial charge in [0.2, 0.25) is 0 Å². The second-order valence-electron chi connectivity index (χ2n) is 6.52. The maximum Gasteiger partial charge on any atom is 0.254 e. The Morgan fingerprint density at radius 2 is 2.12 bits per heavy atom. The molecule has 3 rings (SSSR count). The van der Waals surface area contributed by atoms with E-state index in [0.717, 1.165) is 37.6 Å². The van der Waals surface area contributed by atoms with Crippen LogP contribution in [0.3, 0.4) is 0 Å². The average Bonchev–Trinajstić information content (AvgIpc) is 2.87. The molecule has 132 valence electrons. The van der Waals surface area contributed by atoms with Gasteiger partial charge in [-0.05, 0) is 24.5 Å². The lowest BCUT2D eigenvalue weighted by molar-refractivity contribution is 0.0747. The Balaban J connectivity index is 1.70. The number of anilines is 1. The Morgan fingerprint density at radius 1 is 1.32 bits per heavy atom. The summed E-state index contributed by atoms with van der Waals surface area (Å²) in [5.74, 6) is 1.28. The largest absolute Gasteiger partial charge is 0.363 e. The summed E-state index contributed by atoms with van der Waals surface area (Å²) in [6, 6.07) is 5.55. The smallest absolute Gasteiger partial charge is 0.254 e. The van der Waals surface area contributed by atoms with Crippen molar-refractivity contribution in [1.29, 1.82) is 0 Å². The molecule has 25 heavy (non-hydrogen) atoms. The maximum absolute atomic E-state index is 12.7. The minimum absolute atomic E-state index is 0.0627. The molecule has 0 saturated carbocycles. The number of pyridine rings is 1. The van der Waals surface area contributed by atoms with Gasteiger partial charge in [-0.2, -0.15) is 0 Å². The summed E-state index contributed by atoms with van der Waals surface area (Å²) in [7, 11) is 3.93. The van der Waals surface area contributed by atoms with Gasteiger partial charge in [0.1, 0.15) is 12.1 Å². The van der Waals surface area contributed by atoms with E-state index in [2.05, 4.69) is 20.3 Å². The highest BCUT2D eigenvalue weighted by Crippen LogP contribution is 2.15. The molecule has 0 radical (unpaired) electrons. The normalized spacial score (nSPS) is 17.8. The Bertz CT molecular complexity index is 706. The molecule has 1 atom stereocenters. The van der Waals surface area contributed by atoms with Gasteiger partial charge in [0.15, 0.2) is 0 Å². The van der Waals surface area contributed by atoms with Crippen LogP contribution in [-0.4, -0.2) is 66.0 Å². The van der Waals surface area contributed by atoms with Gasteiger partial charge >= 0.3 is 0 Å². The fourth-order valence-corrected chi connectivity index (χ4v) is 3.02. The zero-order valence-electron chi connectivity index (χ0n) is 14.7. The van der Waals surface area contributed by atoms with Crippen LogP contribution in [0.4, 0.5) is 5.82 Å². The molecule has 3 heterocycles. The number of carbonyl (C=O) groups excluding carboxylic acids is 1. The first kappa shape index (κ1) is 17.3. The predicted molar refractivity (Wildman–Crippen MR) is 96.6 cm³/mol. The Kier molecular flexibility index (Phi) is 5.55. The van der Waals surface area contributed by atoms with Crippen LogP contribution in [0.15, 0.2) is 36.9 Å². The van der Waals surface area contributed by atoms with Crippen LogP contribution >= 0.6 is 0 Å². The van der Waals surface area contributed by atoms with Crippen LogP contribution in [0.25, 0.3) is 0 Å². The molecular formula is C18H24N6O. The lowest BCUT2D eigenvalue weighted by atomic mass is 10.0. The Morgan fingerprint density at radius 3 is 2.88 bits per heavy atom. The zero-order chi connectivity index (χ0) is 17.6. The van der Waals surface area contributed by atoms with Crippen molar-refractivity contribution in [3.05, 3.63) is 48.2 Å². The van der Waals surface area contributed by atoms with Crippen LogP contribution in [0.5, 0.6) is 0 Å². The minimum Gasteiger partial charge on any atom is -0.363 e. The lowest BCUT2D eigenvalue weighted by Gasteiger charge is -2.24. The minimum atomic E-state index is 0.0627. The lowest BCUT2D eigenvalue weighted by Crippen LogP contribution is -2.36. The molecule has 1 N–H and O–H groups in total. The third-order valence-corrected chi connectivity index (χ3v) is 4.35. The summed E-state index contributed by atoms with van der Waals surface area (Å²) in [6.45, 7) is 3.11. The Hall–Kier alpha value is -2.54. The molecule has 1 aliphatic rings. The molecule has 1 aliphatic heterocycles. The molecule has 2 aromatic rings. The molecule has 7 heteroatoms. The van der Waals surface area contributed by atoms with E-state index in [1.807, 2.05) is 30.0 Å². The van der Waals surface area contributed by atoms with E-state index in [-0.39, 0.29) is 5.91 Å². The molecule has 7 nitrogen and oxygen atoms in total. The number of nitrogens with zero attached hydrogens (tertiary/aromatic N) is 5. The van der Waals surface area contributed by atoms with Gasteiger partial charge in [-0.1, -0.05) is 0 Å². The summed E-state index contributed by atoms with van der Waals surface area (Å²) in [5, 5.41) is 3.43. The third kappa shape index (κ3) is 4.51. The van der Waals surface area contributed by atoms with Crippen molar-refractivity contribution in [3.63, 3.8) is 0 Å². The monoisotopic (exact) mass is 340 g/mol. The molecule has 1 fully saturated rings. The van der Waals surface area contributed by atoms with E-state index >= 15 is 0 Å². The highest BCUT2D eigenvalue weighted by atomic mass is 16.2. The molecule has 0 unspecified atom stereocenters. The van der Waals surface area contributed by atoms with Gasteiger partial charge < -0.3 is 15.1 Å². The number of rotatable bonds is 4. The van der Waals surface area contributed by atoms with E-state index in [0.29, 0.717) is 18.0 Å². The fraction of sp³-hybridized carbons (Fsp3) is 0.444. The Labute approximate surface area is 148 Å². The van der Waals surface area contributed by atoms with Crippen molar-refractivity contribution >= 4 is 11.7 Å². The van der Waals surface area contributed by atoms with Gasteiger partial charge in [-0.15, -0.1) is 0 Å². The van der Waals surface area contributed by atoms with Gasteiger partial charge in [0.25, 0.3) is 5.91 Å². The highest BCUT2D eigenvalue weighted by Gasteiger charge is 2.23. The van der Waals surface area contributed by atoms with Crippen LogP contribution < -0.4 is 10.2 Å². The van der Waals surface area contributed by atoms with E-state index < -0.39 is 0 Å². The average molecular weight is 340 g/mol. The first-order valence-corrected chi connectivity index (χ1v) is 8.52. The number of nitrogens with one attached hydrogen (secondary N) is 1. The quantitative estimate of drug-likeness (QED) is 0.889. The van der Waals surface area contributed by atoms with Crippen molar-refractivity contribution in [2.75, 3.05) is 45.2 Å². The van der Waals surface area contributed by atoms with Crippen LogP contribution in [0.1, 0.15) is 16.1 Å². The predicted octanol–water partition coefficient (Wildman–Crippen LogP) is 0.842. The first-order valence-electron chi connectivity index (χ1n) is 8.52. The maximum atomic E-state index is 12.7. The number of hydrogen-bond acceptors (Lipinski definition) is 6. The SMILES string of the molecule is CN(C)c1cc(C[C@H]2CNCCN(C(=O)c3ccncc3)C2)ncn1. The summed E-state index contributed by atoms with van der Waals surface area (Å²) in [4.78, 5) is 29.3. The second-order valence-corrected chi connectivity index (χ2v) is 6.52. The van der Waals surface area contributed by atoms with Crippen LogP contribution in [0.2, 0.25) is 0 Å². The van der Waals surface area contributed by atoms with E-state index in [1.54, 1.807) is 30.9 Å². The van der Waals surface area contributed by atoms with Crippen LogP contribution in [0, 0.1) is 5.92 Å². The van der Waals surface area contributed by atoms with Crippen LogP contribution in [-0.2, 0) is 6.42 Å². The van der Waals surface area contributed by atoms with Crippen molar-refractivity contribution in [3.8, 4) is 0 Å². The number of hydrogen-bond donors (Lipinski definition) is 1. The number of carbonyl (C=O) groups is 1. The molecular weight excluding hydrogens is 316 g/mol. The fourth-order valence-electron chi connectivity index (χ4n) is 3.02. The topological polar surface area (TPSA) is 74.2 Å². The van der Waals surface area contributed by atoms with Gasteiger partial charge in [0.05, 0.1) is 0 Å². The molecule has 0 aliphatic carbocycles. The van der Waals surface area contributed by atoms with Crippen molar-refractivity contribution < 1.29 is 4.79 Å². The summed E-state index contributed by atoms with van der Waals surface area (Å²) in [5.41, 5.74) is 1.69. The van der Waals surface area contributed by atoms with E-state index in [4.69, 9.17) is 0 Å². The van der Waals surface area contributed by atoms with Crippen molar-refractivity contribution in [2.45, 2.75) is 6.42 Å². The molecule has 1 saturated heterocycles. The van der Waals surface area contributed by atoms with Gasteiger partial charge in [-0.25, -0.2) is 9.97 Å². The van der Waals surface area contributed by atoms with Crippen molar-refractivity contribution in [1.82, 2.24) is 25.2 Å². The molecule has 0 aromatic carbocycles. The van der Waals surface area contributed by atoms with Crippen molar-refractivity contribution in [2.24, 2.45) is 5.92 Å². The highest BCUT2D eigenvalue weighted by molar-refractivity contribution is 5.94. The summed E-state index contributed by atoms with van der Waals surface area (Å²) >= 11 is 0. The molecule has 0 bridgehead atoms. The third-order valence-electron chi connectivity index (χ3n) is 4.35. The number of aromatic nitrogens is 3. The molecule has 0 spiro atoms.